The Morgan fingerprint density at radius 2 is 1.78 bits per heavy atom. The van der Waals surface area contributed by atoms with Gasteiger partial charge in [0.05, 0.1) is 0 Å². The molecule has 192 valence electrons. The summed E-state index contributed by atoms with van der Waals surface area (Å²) in [6.45, 7) is 9.35. The van der Waals surface area contributed by atoms with Crippen molar-refractivity contribution in [3.05, 3.63) is 91.6 Å². The second kappa shape index (κ2) is 11.3. The van der Waals surface area contributed by atoms with E-state index in [9.17, 15) is 13.4 Å². The molecular weight excluding hydrogens is 501 g/mol. The van der Waals surface area contributed by atoms with Gasteiger partial charge in [-0.3, -0.25) is 24.3 Å². The first-order valence-corrected chi connectivity index (χ1v) is 13.2. The average molecular weight is 532 g/mol. The Bertz CT molecular complexity index is 1510. The molecule has 1 aliphatic rings. The van der Waals surface area contributed by atoms with Crippen LogP contribution in [0.4, 0.5) is 4.39 Å². The van der Waals surface area contributed by atoms with Crippen LogP contribution >= 0.6 is 11.6 Å². The van der Waals surface area contributed by atoms with E-state index in [-0.39, 0.29) is 27.7 Å². The molecule has 4 rings (SSSR count). The third-order valence-electron chi connectivity index (χ3n) is 5.61. The minimum atomic E-state index is -1.87. The van der Waals surface area contributed by atoms with Crippen LogP contribution in [0.25, 0.3) is 5.03 Å². The molecule has 1 aromatic heterocycles. The van der Waals surface area contributed by atoms with Crippen LogP contribution in [-0.2, 0) is 30.9 Å². The predicted octanol–water partition coefficient (Wildman–Crippen LogP) is 2.81. The number of nitrogens with one attached hydrogen (secondary N) is 2. The first-order chi connectivity index (χ1) is 17.1. The second-order valence-corrected chi connectivity index (χ2v) is 10.8. The number of aromatic nitrogens is 2. The van der Waals surface area contributed by atoms with Gasteiger partial charge < -0.3 is 5.32 Å². The van der Waals surface area contributed by atoms with Gasteiger partial charge in [0.25, 0.3) is 5.56 Å². The average Bonchev–Trinajstić information content (AvgIpc) is 2.86. The maximum absolute atomic E-state index is 13.6. The summed E-state index contributed by atoms with van der Waals surface area (Å²) in [6.07, 6.45) is 0. The largest absolute Gasteiger partial charge is 0.373 e. The molecule has 3 aromatic rings. The highest BCUT2D eigenvalue weighted by atomic mass is 35.5. The van der Waals surface area contributed by atoms with Crippen LogP contribution < -0.4 is 27.2 Å². The van der Waals surface area contributed by atoms with E-state index in [2.05, 4.69) is 10.3 Å². The zero-order valence-corrected chi connectivity index (χ0v) is 22.6. The van der Waals surface area contributed by atoms with Gasteiger partial charge in [0.1, 0.15) is 32.4 Å². The van der Waals surface area contributed by atoms with Crippen molar-refractivity contribution in [1.29, 1.82) is 5.41 Å². The standard InChI is InChI=1S/C24H25ClFN5O2S.C2H6/c1-24(2)13-29-23-30(3)22(32)19(20(27)31(23)14-24)21(28-12-15-4-6-16(25)7-5-15)34(33)18-10-8-17(26)9-11-18;1-2/h4-11,27-28H,12-14H2,1-3H3;1-2H3/b21-19-,27-20?;. The second-order valence-electron chi connectivity index (χ2n) is 8.99. The van der Waals surface area contributed by atoms with Gasteiger partial charge in [0, 0.05) is 42.0 Å². The third kappa shape index (κ3) is 5.84. The van der Waals surface area contributed by atoms with Gasteiger partial charge in [-0.05, 0) is 42.0 Å². The Labute approximate surface area is 216 Å². The monoisotopic (exact) mass is 531 g/mol. The summed E-state index contributed by atoms with van der Waals surface area (Å²) in [5.74, 6) is -0.457. The number of rotatable bonds is 5. The summed E-state index contributed by atoms with van der Waals surface area (Å²) in [5, 5.41) is 12.7. The van der Waals surface area contributed by atoms with E-state index in [1.165, 1.54) is 28.8 Å². The molecule has 0 spiro atoms. The molecule has 0 bridgehead atoms. The van der Waals surface area contributed by atoms with Gasteiger partial charge in [0.15, 0.2) is 0 Å². The first-order valence-electron chi connectivity index (χ1n) is 11.7. The maximum Gasteiger partial charge on any atom is 0.266 e. The van der Waals surface area contributed by atoms with E-state index in [4.69, 9.17) is 17.0 Å². The van der Waals surface area contributed by atoms with E-state index >= 15 is 0 Å². The molecule has 36 heavy (non-hydrogen) atoms. The Morgan fingerprint density at radius 1 is 1.17 bits per heavy atom. The Hall–Kier alpha value is -3.04. The lowest BCUT2D eigenvalue weighted by Gasteiger charge is -2.28. The van der Waals surface area contributed by atoms with Crippen molar-refractivity contribution < 1.29 is 8.60 Å². The molecular formula is C26H31ClFN5O2S. The first kappa shape index (κ1) is 27.5. The van der Waals surface area contributed by atoms with Crippen molar-refractivity contribution in [3.8, 4) is 0 Å². The number of halogens is 2. The van der Waals surface area contributed by atoms with Gasteiger partial charge in [-0.2, -0.15) is 0 Å². The lowest BCUT2D eigenvalue weighted by molar-refractivity contribution is 0.267. The van der Waals surface area contributed by atoms with Crippen molar-refractivity contribution in [2.24, 2.45) is 17.5 Å². The Morgan fingerprint density at radius 3 is 2.39 bits per heavy atom. The van der Waals surface area contributed by atoms with Crippen LogP contribution in [0.15, 0.2) is 63.2 Å². The molecule has 10 heteroatoms. The number of benzene rings is 2. The van der Waals surface area contributed by atoms with E-state index in [1.54, 1.807) is 23.7 Å². The summed E-state index contributed by atoms with van der Waals surface area (Å²) < 4.78 is 30.2. The normalized spacial score (nSPS) is 15.5. The fraction of sp³-hybridized carbons (Fsp3) is 0.346. The lowest BCUT2D eigenvalue weighted by Crippen LogP contribution is -2.62. The molecule has 2 heterocycles. The van der Waals surface area contributed by atoms with Crippen LogP contribution in [0.2, 0.25) is 5.02 Å². The summed E-state index contributed by atoms with van der Waals surface area (Å²) in [4.78, 5) is 18.2. The minimum absolute atomic E-state index is 0.00391. The zero-order chi connectivity index (χ0) is 26.6. The van der Waals surface area contributed by atoms with Crippen LogP contribution in [0.1, 0.15) is 33.3 Å². The summed E-state index contributed by atoms with van der Waals surface area (Å²) in [7, 11) is -0.278. The fourth-order valence-corrected chi connectivity index (χ4v) is 5.11. The van der Waals surface area contributed by atoms with Crippen molar-refractivity contribution in [3.63, 3.8) is 0 Å². The van der Waals surface area contributed by atoms with Crippen molar-refractivity contribution >= 4 is 27.4 Å². The molecule has 0 saturated heterocycles. The minimum Gasteiger partial charge on any atom is -0.373 e. The van der Waals surface area contributed by atoms with Crippen LogP contribution in [0, 0.1) is 16.6 Å². The highest BCUT2D eigenvalue weighted by Gasteiger charge is 2.25. The summed E-state index contributed by atoms with van der Waals surface area (Å²) in [5.41, 5.74) is 0.512. The molecule has 0 saturated carbocycles. The van der Waals surface area contributed by atoms with Gasteiger partial charge in [-0.25, -0.2) is 8.60 Å². The summed E-state index contributed by atoms with van der Waals surface area (Å²) in [6, 6.07) is 12.4. The van der Waals surface area contributed by atoms with Crippen molar-refractivity contribution in [2.45, 2.75) is 45.7 Å². The molecule has 0 radical (unpaired) electrons. The van der Waals surface area contributed by atoms with E-state index < -0.39 is 22.2 Å². The third-order valence-corrected chi connectivity index (χ3v) is 7.28. The Balaban J connectivity index is 0.00000176. The van der Waals surface area contributed by atoms with Crippen LogP contribution in [-0.4, -0.2) is 19.9 Å². The molecule has 7 nitrogen and oxygen atoms in total. The molecule has 0 amide bonds. The Kier molecular flexibility index (Phi) is 8.68. The van der Waals surface area contributed by atoms with Gasteiger partial charge in [-0.15, -0.1) is 0 Å². The number of hydrogen-bond donors (Lipinski definition) is 2. The smallest absolute Gasteiger partial charge is 0.266 e. The topological polar surface area (TPSA) is 92.2 Å². The molecule has 1 aliphatic heterocycles. The molecule has 0 fully saturated rings. The molecule has 2 aromatic carbocycles. The number of hydrogen-bond acceptors (Lipinski definition) is 5. The van der Waals surface area contributed by atoms with Gasteiger partial charge in [0.2, 0.25) is 5.62 Å². The van der Waals surface area contributed by atoms with E-state index in [0.717, 1.165) is 5.56 Å². The van der Waals surface area contributed by atoms with Crippen LogP contribution in [0.3, 0.4) is 0 Å². The molecule has 0 aliphatic carbocycles. The van der Waals surface area contributed by atoms with E-state index in [0.29, 0.717) is 28.6 Å². The van der Waals surface area contributed by atoms with Crippen molar-refractivity contribution in [1.82, 2.24) is 14.5 Å². The quantitative estimate of drug-likeness (QED) is 0.530. The number of fused-ring (bicyclic) bond motifs is 1. The molecule has 2 N–H and O–H groups in total. The van der Waals surface area contributed by atoms with E-state index in [1.807, 2.05) is 39.8 Å². The van der Waals surface area contributed by atoms with Gasteiger partial charge >= 0.3 is 0 Å². The number of nitrogens with zero attached hydrogens (tertiary/aromatic N) is 3. The lowest BCUT2D eigenvalue weighted by atomic mass is 9.93. The highest BCUT2D eigenvalue weighted by Crippen LogP contribution is 2.18. The molecule has 1 atom stereocenters. The van der Waals surface area contributed by atoms with Crippen molar-refractivity contribution in [2.75, 3.05) is 6.54 Å². The molecule has 1 unspecified atom stereocenters. The van der Waals surface area contributed by atoms with Crippen LogP contribution in [0.5, 0.6) is 0 Å². The SMILES string of the molecule is CC.Cn1c(=O)/c(=C(/NCc2ccc(Cl)cc2)S(=O)c2ccc(F)cc2)c(=N)n2c1=NCC(C)(C)C2. The summed E-state index contributed by atoms with van der Waals surface area (Å²) >= 11 is 5.98. The fourth-order valence-electron chi connectivity index (χ4n) is 3.79. The maximum atomic E-state index is 13.6. The highest BCUT2D eigenvalue weighted by molar-refractivity contribution is 7.94. The van der Waals surface area contributed by atoms with Gasteiger partial charge in [-0.1, -0.05) is 51.4 Å². The zero-order valence-electron chi connectivity index (χ0n) is 21.1. The predicted molar refractivity (Wildman–Crippen MR) is 141 cm³/mol.